The van der Waals surface area contributed by atoms with Crippen LogP contribution in [0.2, 0.25) is 0 Å². The molecule has 0 aliphatic carbocycles. The second-order valence-electron chi connectivity index (χ2n) is 6.01. The second-order valence-corrected chi connectivity index (χ2v) is 6.01. The quantitative estimate of drug-likeness (QED) is 0.645. The van der Waals surface area contributed by atoms with Crippen LogP contribution in [0.5, 0.6) is 0 Å². The molecule has 0 atom stereocenters. The molecule has 4 rings (SSSR count). The van der Waals surface area contributed by atoms with E-state index in [9.17, 15) is 4.79 Å². The Balaban J connectivity index is 1.64. The van der Waals surface area contributed by atoms with Crippen LogP contribution < -0.4 is 11.1 Å². The number of nitrogens with one attached hydrogen (secondary N) is 2. The van der Waals surface area contributed by atoms with Crippen molar-refractivity contribution < 1.29 is 4.79 Å². The number of amides is 1. The summed E-state index contributed by atoms with van der Waals surface area (Å²) in [7, 11) is 0. The molecule has 3 heterocycles. The molecule has 0 fully saturated rings. The Morgan fingerprint density at radius 1 is 1.12 bits per heavy atom. The van der Waals surface area contributed by atoms with Gasteiger partial charge in [0.05, 0.1) is 11.3 Å². The van der Waals surface area contributed by atoms with Crippen molar-refractivity contribution in [2.75, 3.05) is 12.3 Å². The topological polar surface area (TPSA) is 83.8 Å². The number of aromatic amines is 1. The number of rotatable bonds is 3. The Bertz CT molecular complexity index is 971. The van der Waals surface area contributed by atoms with Crippen molar-refractivity contribution in [3.8, 4) is 11.3 Å². The monoisotopic (exact) mass is 330 g/mol. The van der Waals surface area contributed by atoms with Gasteiger partial charge in [-0.2, -0.15) is 0 Å². The highest BCUT2D eigenvalue weighted by atomic mass is 16.1. The van der Waals surface area contributed by atoms with Crippen LogP contribution >= 0.6 is 0 Å². The molecule has 1 aliphatic heterocycles. The predicted octanol–water partition coefficient (Wildman–Crippen LogP) is 3.12. The maximum absolute atomic E-state index is 11.9. The average molecular weight is 330 g/mol. The highest BCUT2D eigenvalue weighted by Crippen LogP contribution is 2.24. The van der Waals surface area contributed by atoms with Gasteiger partial charge in [-0.1, -0.05) is 24.3 Å². The molecule has 124 valence electrons. The van der Waals surface area contributed by atoms with Crippen molar-refractivity contribution in [2.24, 2.45) is 0 Å². The van der Waals surface area contributed by atoms with E-state index < -0.39 is 0 Å². The van der Waals surface area contributed by atoms with Crippen LogP contribution in [-0.2, 0) is 6.42 Å². The van der Waals surface area contributed by atoms with Crippen molar-refractivity contribution in [3.63, 3.8) is 0 Å². The number of nitrogen functional groups attached to an aromatic ring is 1. The number of hydrogen-bond donors (Lipinski definition) is 3. The third kappa shape index (κ3) is 3.04. The highest BCUT2D eigenvalue weighted by Gasteiger charge is 2.19. The van der Waals surface area contributed by atoms with E-state index in [0.717, 1.165) is 45.9 Å². The summed E-state index contributed by atoms with van der Waals surface area (Å²) in [5, 5.41) is 2.86. The molecule has 4 N–H and O–H groups in total. The molecule has 1 aromatic carbocycles. The Kier molecular flexibility index (Phi) is 3.82. The van der Waals surface area contributed by atoms with E-state index in [1.165, 1.54) is 0 Å². The molecule has 5 nitrogen and oxygen atoms in total. The molecule has 5 heteroatoms. The Hall–Kier alpha value is -3.34. The first-order chi connectivity index (χ1) is 12.2. The summed E-state index contributed by atoms with van der Waals surface area (Å²) in [6, 6.07) is 13.5. The number of H-pyrrole nitrogens is 1. The summed E-state index contributed by atoms with van der Waals surface area (Å²) in [6.45, 7) is 0.675. The molecule has 1 aliphatic rings. The highest BCUT2D eigenvalue weighted by molar-refractivity contribution is 5.97. The minimum Gasteiger partial charge on any atom is -0.398 e. The van der Waals surface area contributed by atoms with Gasteiger partial charge in [0.25, 0.3) is 5.91 Å². The molecule has 0 saturated heterocycles. The number of aromatic nitrogens is 2. The van der Waals surface area contributed by atoms with E-state index in [4.69, 9.17) is 5.73 Å². The molecule has 0 spiro atoms. The normalized spacial score (nSPS) is 13.7. The number of hydrogen-bond acceptors (Lipinski definition) is 3. The zero-order chi connectivity index (χ0) is 17.2. The van der Waals surface area contributed by atoms with E-state index >= 15 is 0 Å². The van der Waals surface area contributed by atoms with Crippen molar-refractivity contribution in [2.45, 2.75) is 6.42 Å². The number of fused-ring (bicyclic) bond motifs is 1. The number of para-hydroxylation sites is 1. The lowest BCUT2D eigenvalue weighted by Crippen LogP contribution is -2.31. The van der Waals surface area contributed by atoms with E-state index in [-0.39, 0.29) is 5.91 Å². The lowest BCUT2D eigenvalue weighted by atomic mass is 10.1. The van der Waals surface area contributed by atoms with Crippen LogP contribution in [0, 0.1) is 0 Å². The number of carbonyl (C=O) groups is 1. The largest absolute Gasteiger partial charge is 0.398 e. The van der Waals surface area contributed by atoms with Crippen LogP contribution in [0.15, 0.2) is 48.7 Å². The van der Waals surface area contributed by atoms with Crippen molar-refractivity contribution in [1.82, 2.24) is 15.3 Å². The van der Waals surface area contributed by atoms with Crippen LogP contribution in [0.1, 0.15) is 27.3 Å². The van der Waals surface area contributed by atoms with Crippen LogP contribution in [0.25, 0.3) is 23.4 Å². The second kappa shape index (κ2) is 6.28. The predicted molar refractivity (Wildman–Crippen MR) is 99.8 cm³/mol. The minimum absolute atomic E-state index is 0.0162. The number of carbonyl (C=O) groups excluding carboxylic acids is 1. The maximum atomic E-state index is 11.9. The maximum Gasteiger partial charge on any atom is 0.253 e. The van der Waals surface area contributed by atoms with Gasteiger partial charge < -0.3 is 16.0 Å². The lowest BCUT2D eigenvalue weighted by Gasteiger charge is -2.10. The summed E-state index contributed by atoms with van der Waals surface area (Å²) >= 11 is 0. The van der Waals surface area contributed by atoms with Gasteiger partial charge in [0.1, 0.15) is 0 Å². The third-order valence-electron chi connectivity index (χ3n) is 4.33. The first-order valence-corrected chi connectivity index (χ1v) is 8.20. The van der Waals surface area contributed by atoms with Gasteiger partial charge in [-0.25, -0.2) is 0 Å². The fraction of sp³-hybridized carbons (Fsp3) is 0.100. The van der Waals surface area contributed by atoms with E-state index in [0.29, 0.717) is 6.54 Å². The first kappa shape index (κ1) is 15.2. The van der Waals surface area contributed by atoms with Gasteiger partial charge in [0.2, 0.25) is 0 Å². The molecule has 0 saturated carbocycles. The molecule has 2 aromatic heterocycles. The van der Waals surface area contributed by atoms with Gasteiger partial charge in [0, 0.05) is 41.8 Å². The van der Waals surface area contributed by atoms with E-state index in [1.807, 2.05) is 54.6 Å². The molecular weight excluding hydrogens is 312 g/mol. The molecular formula is C20H18N4O. The molecule has 0 radical (unpaired) electrons. The smallest absolute Gasteiger partial charge is 0.253 e. The molecule has 1 amide bonds. The van der Waals surface area contributed by atoms with Crippen molar-refractivity contribution in [1.29, 1.82) is 0 Å². The fourth-order valence-corrected chi connectivity index (χ4v) is 2.99. The fourth-order valence-electron chi connectivity index (χ4n) is 2.99. The van der Waals surface area contributed by atoms with Gasteiger partial charge in [-0.05, 0) is 35.9 Å². The third-order valence-corrected chi connectivity index (χ3v) is 4.33. The Morgan fingerprint density at radius 2 is 2.00 bits per heavy atom. The number of nitrogens with two attached hydrogens (primary N) is 1. The summed E-state index contributed by atoms with van der Waals surface area (Å²) in [6.07, 6.45) is 6.48. The standard InChI is InChI=1S/C20H18N4O/c21-17-4-2-1-3-13(17)5-6-15-11-14(7-9-22-15)19-12-16-18(24-19)8-10-23-20(16)25/h1-7,9,11-12,24H,8,10,21H2,(H,23,25). The molecule has 0 bridgehead atoms. The van der Waals surface area contributed by atoms with Crippen LogP contribution in [0.4, 0.5) is 5.69 Å². The number of pyridine rings is 1. The number of anilines is 1. The van der Waals surface area contributed by atoms with Crippen molar-refractivity contribution in [3.05, 3.63) is 71.2 Å². The van der Waals surface area contributed by atoms with Gasteiger partial charge in [-0.15, -0.1) is 0 Å². The van der Waals surface area contributed by atoms with Gasteiger partial charge in [0.15, 0.2) is 0 Å². The minimum atomic E-state index is -0.0162. The zero-order valence-corrected chi connectivity index (χ0v) is 13.6. The SMILES string of the molecule is Nc1ccccc1C=Cc1cc(-c2cc3c([nH]2)CCNC3=O)ccn1. The molecule has 25 heavy (non-hydrogen) atoms. The Labute approximate surface area is 145 Å². The van der Waals surface area contributed by atoms with Gasteiger partial charge in [-0.3, -0.25) is 9.78 Å². The number of benzene rings is 1. The van der Waals surface area contributed by atoms with E-state index in [1.54, 1.807) is 6.20 Å². The van der Waals surface area contributed by atoms with Gasteiger partial charge >= 0.3 is 0 Å². The van der Waals surface area contributed by atoms with E-state index in [2.05, 4.69) is 15.3 Å². The summed E-state index contributed by atoms with van der Waals surface area (Å²) in [4.78, 5) is 19.7. The van der Waals surface area contributed by atoms with Crippen LogP contribution in [-0.4, -0.2) is 22.4 Å². The first-order valence-electron chi connectivity index (χ1n) is 8.20. The summed E-state index contributed by atoms with van der Waals surface area (Å²) in [5.41, 5.74) is 12.1. The lowest BCUT2D eigenvalue weighted by molar-refractivity contribution is 0.0946. The summed E-state index contributed by atoms with van der Waals surface area (Å²) in [5.74, 6) is -0.0162. The molecule has 0 unspecified atom stereocenters. The van der Waals surface area contributed by atoms with Crippen LogP contribution in [0.3, 0.4) is 0 Å². The zero-order valence-electron chi connectivity index (χ0n) is 13.6. The number of nitrogens with zero attached hydrogens (tertiary/aromatic N) is 1. The summed E-state index contributed by atoms with van der Waals surface area (Å²) < 4.78 is 0. The average Bonchev–Trinajstić information content (AvgIpc) is 3.07. The Morgan fingerprint density at radius 3 is 2.84 bits per heavy atom. The van der Waals surface area contributed by atoms with Crippen molar-refractivity contribution >= 4 is 23.7 Å². The molecule has 3 aromatic rings.